The Balaban J connectivity index is 2.25. The predicted octanol–water partition coefficient (Wildman–Crippen LogP) is 4.02. The first-order chi connectivity index (χ1) is 9.20. The average molecular weight is 275 g/mol. The van der Waals surface area contributed by atoms with Gasteiger partial charge in [0, 0.05) is 22.9 Å². The van der Waals surface area contributed by atoms with E-state index >= 15 is 0 Å². The Morgan fingerprint density at radius 2 is 1.89 bits per heavy atom. The average Bonchev–Trinajstić information content (AvgIpc) is 2.42. The van der Waals surface area contributed by atoms with Crippen LogP contribution in [-0.4, -0.2) is 12.5 Å². The Morgan fingerprint density at radius 1 is 1.16 bits per heavy atom. The fourth-order valence-corrected chi connectivity index (χ4v) is 1.94. The lowest BCUT2D eigenvalue weighted by molar-refractivity contribution is 0.102. The molecule has 0 atom stereocenters. The third kappa shape index (κ3) is 3.48. The van der Waals surface area contributed by atoms with Crippen molar-refractivity contribution in [3.63, 3.8) is 0 Å². The molecule has 2 rings (SSSR count). The second kappa shape index (κ2) is 6.25. The van der Waals surface area contributed by atoms with Gasteiger partial charge in [-0.3, -0.25) is 4.79 Å². The second-order valence-electron chi connectivity index (χ2n) is 4.04. The van der Waals surface area contributed by atoms with E-state index in [1.165, 1.54) is 0 Å². The van der Waals surface area contributed by atoms with Gasteiger partial charge in [0.05, 0.1) is 5.56 Å². The first-order valence-corrected chi connectivity index (χ1v) is 6.48. The normalized spacial score (nSPS) is 10.0. The molecule has 0 aliphatic carbocycles. The summed E-state index contributed by atoms with van der Waals surface area (Å²) in [5, 5.41) is 6.54. The standard InChI is InChI=1S/C15H15ClN2O/c1-2-17-14-9-8-11(16)10-13(14)15(19)18-12-6-4-3-5-7-12/h3-10,17H,2H2,1H3,(H,18,19). The molecule has 0 heterocycles. The molecule has 0 saturated carbocycles. The summed E-state index contributed by atoms with van der Waals surface area (Å²) in [6.45, 7) is 2.72. The summed E-state index contributed by atoms with van der Waals surface area (Å²) in [5.41, 5.74) is 2.08. The Kier molecular flexibility index (Phi) is 4.42. The van der Waals surface area contributed by atoms with E-state index in [1.807, 2.05) is 43.3 Å². The maximum absolute atomic E-state index is 12.3. The number of amides is 1. The molecule has 0 aromatic heterocycles. The van der Waals surface area contributed by atoms with E-state index < -0.39 is 0 Å². The fraction of sp³-hybridized carbons (Fsp3) is 0.133. The topological polar surface area (TPSA) is 41.1 Å². The van der Waals surface area contributed by atoms with Crippen LogP contribution >= 0.6 is 11.6 Å². The van der Waals surface area contributed by atoms with Crippen LogP contribution in [0.2, 0.25) is 5.02 Å². The zero-order chi connectivity index (χ0) is 13.7. The van der Waals surface area contributed by atoms with Gasteiger partial charge in [0.25, 0.3) is 5.91 Å². The minimum Gasteiger partial charge on any atom is -0.385 e. The summed E-state index contributed by atoms with van der Waals surface area (Å²) < 4.78 is 0. The Morgan fingerprint density at radius 3 is 2.58 bits per heavy atom. The molecule has 0 bridgehead atoms. The first-order valence-electron chi connectivity index (χ1n) is 6.10. The summed E-state index contributed by atoms with van der Waals surface area (Å²) in [7, 11) is 0. The van der Waals surface area contributed by atoms with Gasteiger partial charge in [-0.2, -0.15) is 0 Å². The Hall–Kier alpha value is -2.00. The van der Waals surface area contributed by atoms with Crippen molar-refractivity contribution >= 4 is 28.9 Å². The SMILES string of the molecule is CCNc1ccc(Cl)cc1C(=O)Nc1ccccc1. The summed E-state index contributed by atoms with van der Waals surface area (Å²) in [6, 6.07) is 14.6. The van der Waals surface area contributed by atoms with Crippen LogP contribution in [-0.2, 0) is 0 Å². The molecule has 0 aliphatic rings. The van der Waals surface area contributed by atoms with E-state index in [-0.39, 0.29) is 5.91 Å². The number of nitrogens with one attached hydrogen (secondary N) is 2. The van der Waals surface area contributed by atoms with Crippen molar-refractivity contribution in [3.8, 4) is 0 Å². The Labute approximate surface area is 117 Å². The van der Waals surface area contributed by atoms with E-state index in [0.717, 1.165) is 17.9 Å². The van der Waals surface area contributed by atoms with Crippen molar-refractivity contribution in [1.82, 2.24) is 0 Å². The van der Waals surface area contributed by atoms with Crippen molar-refractivity contribution < 1.29 is 4.79 Å². The van der Waals surface area contributed by atoms with Crippen molar-refractivity contribution in [3.05, 3.63) is 59.1 Å². The molecule has 0 unspecified atom stereocenters. The predicted molar refractivity (Wildman–Crippen MR) is 80.0 cm³/mol. The zero-order valence-corrected chi connectivity index (χ0v) is 11.4. The third-order valence-corrected chi connectivity index (χ3v) is 2.86. The second-order valence-corrected chi connectivity index (χ2v) is 4.48. The van der Waals surface area contributed by atoms with Crippen LogP contribution in [0.4, 0.5) is 11.4 Å². The summed E-state index contributed by atoms with van der Waals surface area (Å²) in [6.07, 6.45) is 0. The molecule has 2 N–H and O–H groups in total. The third-order valence-electron chi connectivity index (χ3n) is 2.63. The highest BCUT2D eigenvalue weighted by Gasteiger charge is 2.11. The van der Waals surface area contributed by atoms with Crippen molar-refractivity contribution in [2.45, 2.75) is 6.92 Å². The van der Waals surface area contributed by atoms with Gasteiger partial charge in [-0.25, -0.2) is 0 Å². The number of hydrogen-bond acceptors (Lipinski definition) is 2. The van der Waals surface area contributed by atoms with Gasteiger partial charge in [0.2, 0.25) is 0 Å². The van der Waals surface area contributed by atoms with Gasteiger partial charge < -0.3 is 10.6 Å². The number of para-hydroxylation sites is 1. The lowest BCUT2D eigenvalue weighted by Gasteiger charge is -2.11. The first kappa shape index (κ1) is 13.4. The van der Waals surface area contributed by atoms with Gasteiger partial charge in [0.15, 0.2) is 0 Å². The molecule has 0 saturated heterocycles. The van der Waals surface area contributed by atoms with Crippen LogP contribution in [0.3, 0.4) is 0 Å². The van der Waals surface area contributed by atoms with Crippen LogP contribution < -0.4 is 10.6 Å². The van der Waals surface area contributed by atoms with E-state index in [4.69, 9.17) is 11.6 Å². The van der Waals surface area contributed by atoms with Gasteiger partial charge in [0.1, 0.15) is 0 Å². The Bertz CT molecular complexity index is 570. The van der Waals surface area contributed by atoms with Gasteiger partial charge in [-0.1, -0.05) is 29.8 Å². The molecular formula is C15H15ClN2O. The van der Waals surface area contributed by atoms with E-state index in [9.17, 15) is 4.79 Å². The van der Waals surface area contributed by atoms with E-state index in [0.29, 0.717) is 10.6 Å². The lowest BCUT2D eigenvalue weighted by atomic mass is 10.1. The van der Waals surface area contributed by atoms with Crippen LogP contribution in [0.5, 0.6) is 0 Å². The van der Waals surface area contributed by atoms with Crippen LogP contribution in [0.15, 0.2) is 48.5 Å². The van der Waals surface area contributed by atoms with E-state index in [1.54, 1.807) is 12.1 Å². The number of carbonyl (C=O) groups is 1. The maximum atomic E-state index is 12.3. The minimum atomic E-state index is -0.176. The number of benzene rings is 2. The number of hydrogen-bond donors (Lipinski definition) is 2. The molecule has 1 amide bonds. The molecule has 0 fully saturated rings. The fourth-order valence-electron chi connectivity index (χ4n) is 1.77. The lowest BCUT2D eigenvalue weighted by Crippen LogP contribution is -2.14. The monoisotopic (exact) mass is 274 g/mol. The van der Waals surface area contributed by atoms with Crippen LogP contribution in [0, 0.1) is 0 Å². The summed E-state index contributed by atoms with van der Waals surface area (Å²) >= 11 is 5.96. The molecule has 98 valence electrons. The maximum Gasteiger partial charge on any atom is 0.257 e. The molecule has 2 aromatic rings. The summed E-state index contributed by atoms with van der Waals surface area (Å²) in [4.78, 5) is 12.3. The van der Waals surface area contributed by atoms with Crippen molar-refractivity contribution in [2.24, 2.45) is 0 Å². The number of carbonyl (C=O) groups excluding carboxylic acids is 1. The van der Waals surface area contributed by atoms with E-state index in [2.05, 4.69) is 10.6 Å². The largest absolute Gasteiger partial charge is 0.385 e. The highest BCUT2D eigenvalue weighted by atomic mass is 35.5. The number of halogens is 1. The highest BCUT2D eigenvalue weighted by molar-refractivity contribution is 6.31. The smallest absolute Gasteiger partial charge is 0.257 e. The molecule has 0 aliphatic heterocycles. The zero-order valence-electron chi connectivity index (χ0n) is 10.6. The quantitative estimate of drug-likeness (QED) is 0.884. The van der Waals surface area contributed by atoms with Crippen molar-refractivity contribution in [2.75, 3.05) is 17.2 Å². The molecular weight excluding hydrogens is 260 g/mol. The molecule has 4 heteroatoms. The van der Waals surface area contributed by atoms with Gasteiger partial charge in [-0.05, 0) is 37.3 Å². The summed E-state index contributed by atoms with van der Waals surface area (Å²) in [5.74, 6) is -0.176. The van der Waals surface area contributed by atoms with Crippen molar-refractivity contribution in [1.29, 1.82) is 0 Å². The van der Waals surface area contributed by atoms with Gasteiger partial charge >= 0.3 is 0 Å². The van der Waals surface area contributed by atoms with Crippen LogP contribution in [0.1, 0.15) is 17.3 Å². The number of anilines is 2. The molecule has 2 aromatic carbocycles. The van der Waals surface area contributed by atoms with Crippen LogP contribution in [0.25, 0.3) is 0 Å². The highest BCUT2D eigenvalue weighted by Crippen LogP contribution is 2.22. The molecule has 0 spiro atoms. The molecule has 0 radical (unpaired) electrons. The molecule has 19 heavy (non-hydrogen) atoms. The minimum absolute atomic E-state index is 0.176. The number of rotatable bonds is 4. The molecule has 3 nitrogen and oxygen atoms in total. The van der Waals surface area contributed by atoms with Gasteiger partial charge in [-0.15, -0.1) is 0 Å².